The van der Waals surface area contributed by atoms with Crippen molar-refractivity contribution in [3.05, 3.63) is 0 Å². The van der Waals surface area contributed by atoms with Gasteiger partial charge >= 0.3 is 6.09 Å². The molecule has 2 atom stereocenters. The van der Waals surface area contributed by atoms with Crippen LogP contribution in [-0.4, -0.2) is 45.9 Å². The SMILES string of the molecule is CC(C)(C)C1CC(O)(CN)CCN1C(=O)O. The van der Waals surface area contributed by atoms with Crippen molar-refractivity contribution in [1.29, 1.82) is 0 Å². The highest BCUT2D eigenvalue weighted by atomic mass is 16.4. The lowest BCUT2D eigenvalue weighted by Gasteiger charge is -2.47. The lowest BCUT2D eigenvalue weighted by molar-refractivity contribution is -0.0582. The van der Waals surface area contributed by atoms with Crippen molar-refractivity contribution in [3.8, 4) is 0 Å². The quantitative estimate of drug-likeness (QED) is 0.623. The van der Waals surface area contributed by atoms with E-state index >= 15 is 0 Å². The van der Waals surface area contributed by atoms with Crippen LogP contribution in [0.4, 0.5) is 4.79 Å². The van der Waals surface area contributed by atoms with Gasteiger partial charge in [-0.1, -0.05) is 20.8 Å². The third-order valence-corrected chi connectivity index (χ3v) is 3.39. The molecule has 0 aromatic rings. The molecule has 4 N–H and O–H groups in total. The Kier molecular flexibility index (Phi) is 3.50. The highest BCUT2D eigenvalue weighted by molar-refractivity contribution is 5.65. The first-order valence-corrected chi connectivity index (χ1v) is 5.62. The number of aliphatic hydroxyl groups is 1. The molecule has 1 saturated heterocycles. The van der Waals surface area contributed by atoms with Gasteiger partial charge in [0, 0.05) is 19.1 Å². The number of hydrogen-bond acceptors (Lipinski definition) is 3. The van der Waals surface area contributed by atoms with E-state index in [1.807, 2.05) is 20.8 Å². The third-order valence-electron chi connectivity index (χ3n) is 3.39. The lowest BCUT2D eigenvalue weighted by Crippen LogP contribution is -2.58. The zero-order valence-electron chi connectivity index (χ0n) is 10.2. The summed E-state index contributed by atoms with van der Waals surface area (Å²) < 4.78 is 0. The number of carbonyl (C=O) groups is 1. The number of piperidine rings is 1. The molecule has 94 valence electrons. The molecule has 1 rings (SSSR count). The van der Waals surface area contributed by atoms with Crippen molar-refractivity contribution in [3.63, 3.8) is 0 Å². The molecule has 0 radical (unpaired) electrons. The highest BCUT2D eigenvalue weighted by Gasteiger charge is 2.44. The van der Waals surface area contributed by atoms with E-state index in [1.165, 1.54) is 4.90 Å². The van der Waals surface area contributed by atoms with Gasteiger partial charge in [-0.05, 0) is 18.3 Å². The van der Waals surface area contributed by atoms with E-state index in [0.29, 0.717) is 19.4 Å². The maximum atomic E-state index is 11.1. The number of likely N-dealkylation sites (tertiary alicyclic amines) is 1. The summed E-state index contributed by atoms with van der Waals surface area (Å²) in [4.78, 5) is 12.5. The summed E-state index contributed by atoms with van der Waals surface area (Å²) in [5, 5.41) is 19.3. The molecular formula is C11H22N2O3. The van der Waals surface area contributed by atoms with Crippen molar-refractivity contribution in [2.45, 2.75) is 45.3 Å². The predicted octanol–water partition coefficient (Wildman–Crippen LogP) is 0.865. The van der Waals surface area contributed by atoms with Crippen LogP contribution in [0.3, 0.4) is 0 Å². The molecule has 0 aromatic carbocycles. The smallest absolute Gasteiger partial charge is 0.407 e. The molecule has 1 heterocycles. The molecule has 0 aliphatic carbocycles. The minimum Gasteiger partial charge on any atom is -0.465 e. The zero-order chi connectivity index (χ0) is 12.6. The van der Waals surface area contributed by atoms with Gasteiger partial charge in [-0.2, -0.15) is 0 Å². The van der Waals surface area contributed by atoms with E-state index in [9.17, 15) is 9.90 Å². The number of hydrogen-bond donors (Lipinski definition) is 3. The zero-order valence-corrected chi connectivity index (χ0v) is 10.2. The van der Waals surface area contributed by atoms with Gasteiger partial charge in [0.05, 0.1) is 5.60 Å². The first-order valence-electron chi connectivity index (χ1n) is 5.62. The van der Waals surface area contributed by atoms with Gasteiger partial charge in [-0.25, -0.2) is 4.79 Å². The summed E-state index contributed by atoms with van der Waals surface area (Å²) >= 11 is 0. The van der Waals surface area contributed by atoms with E-state index in [1.54, 1.807) is 0 Å². The summed E-state index contributed by atoms with van der Waals surface area (Å²) in [7, 11) is 0. The molecule has 0 saturated carbocycles. The standard InChI is InChI=1S/C11H22N2O3/c1-10(2,3)8-6-11(16,7-12)4-5-13(8)9(14)15/h8,16H,4-7,12H2,1-3H3,(H,14,15). The summed E-state index contributed by atoms with van der Waals surface area (Å²) in [6.45, 7) is 6.49. The average molecular weight is 230 g/mol. The Morgan fingerprint density at radius 2 is 2.12 bits per heavy atom. The Hall–Kier alpha value is -0.810. The first-order chi connectivity index (χ1) is 7.19. The van der Waals surface area contributed by atoms with Crippen LogP contribution in [0, 0.1) is 5.41 Å². The highest BCUT2D eigenvalue weighted by Crippen LogP contribution is 2.36. The van der Waals surface area contributed by atoms with Crippen molar-refractivity contribution in [1.82, 2.24) is 4.90 Å². The molecule has 1 aliphatic heterocycles. The van der Waals surface area contributed by atoms with Gasteiger partial charge in [-0.15, -0.1) is 0 Å². The second kappa shape index (κ2) is 4.22. The van der Waals surface area contributed by atoms with Crippen molar-refractivity contribution in [2.24, 2.45) is 11.1 Å². The van der Waals surface area contributed by atoms with Crippen LogP contribution in [0.2, 0.25) is 0 Å². The molecule has 5 nitrogen and oxygen atoms in total. The molecular weight excluding hydrogens is 208 g/mol. The van der Waals surface area contributed by atoms with Gasteiger partial charge in [0.1, 0.15) is 0 Å². The predicted molar refractivity (Wildman–Crippen MR) is 61.2 cm³/mol. The fourth-order valence-corrected chi connectivity index (χ4v) is 2.24. The fraction of sp³-hybridized carbons (Fsp3) is 0.909. The summed E-state index contributed by atoms with van der Waals surface area (Å²) in [6, 6.07) is -0.188. The molecule has 0 bridgehead atoms. The number of nitrogens with zero attached hydrogens (tertiary/aromatic N) is 1. The van der Waals surface area contributed by atoms with E-state index < -0.39 is 11.7 Å². The van der Waals surface area contributed by atoms with Crippen LogP contribution < -0.4 is 5.73 Å². The Balaban J connectivity index is 2.90. The van der Waals surface area contributed by atoms with Gasteiger partial charge < -0.3 is 20.8 Å². The molecule has 1 amide bonds. The topological polar surface area (TPSA) is 86.8 Å². The summed E-state index contributed by atoms with van der Waals surface area (Å²) in [5.74, 6) is 0. The van der Waals surface area contributed by atoms with Gasteiger partial charge in [0.2, 0.25) is 0 Å². The van der Waals surface area contributed by atoms with Crippen molar-refractivity contribution < 1.29 is 15.0 Å². The molecule has 2 unspecified atom stereocenters. The maximum absolute atomic E-state index is 11.1. The van der Waals surface area contributed by atoms with Crippen LogP contribution >= 0.6 is 0 Å². The van der Waals surface area contributed by atoms with Gasteiger partial charge in [0.15, 0.2) is 0 Å². The van der Waals surface area contributed by atoms with Gasteiger partial charge in [-0.3, -0.25) is 0 Å². The lowest BCUT2D eigenvalue weighted by atomic mass is 9.75. The normalized spacial score (nSPS) is 31.6. The number of nitrogens with two attached hydrogens (primary N) is 1. The first kappa shape index (κ1) is 13.3. The third kappa shape index (κ3) is 2.65. The van der Waals surface area contributed by atoms with Crippen molar-refractivity contribution >= 4 is 6.09 Å². The van der Waals surface area contributed by atoms with E-state index in [-0.39, 0.29) is 18.0 Å². The minimum absolute atomic E-state index is 0.188. The van der Waals surface area contributed by atoms with Crippen LogP contribution in [0.5, 0.6) is 0 Å². The Morgan fingerprint density at radius 1 is 1.56 bits per heavy atom. The Labute approximate surface area is 96.2 Å². The summed E-state index contributed by atoms with van der Waals surface area (Å²) in [6.07, 6.45) is -0.0826. The monoisotopic (exact) mass is 230 g/mol. The largest absolute Gasteiger partial charge is 0.465 e. The average Bonchev–Trinajstić information content (AvgIpc) is 2.16. The number of carboxylic acid groups (broad SMARTS) is 1. The van der Waals surface area contributed by atoms with Gasteiger partial charge in [0.25, 0.3) is 0 Å². The van der Waals surface area contributed by atoms with Crippen LogP contribution in [0.1, 0.15) is 33.6 Å². The molecule has 5 heteroatoms. The van der Waals surface area contributed by atoms with Crippen LogP contribution in [0.25, 0.3) is 0 Å². The van der Waals surface area contributed by atoms with Crippen molar-refractivity contribution in [2.75, 3.05) is 13.1 Å². The minimum atomic E-state index is -0.918. The van der Waals surface area contributed by atoms with Crippen LogP contribution in [0.15, 0.2) is 0 Å². The van der Waals surface area contributed by atoms with E-state index in [0.717, 1.165) is 0 Å². The second-order valence-corrected chi connectivity index (χ2v) is 5.74. The fourth-order valence-electron chi connectivity index (χ4n) is 2.24. The molecule has 1 fully saturated rings. The second-order valence-electron chi connectivity index (χ2n) is 5.74. The molecule has 0 spiro atoms. The number of rotatable bonds is 1. The maximum Gasteiger partial charge on any atom is 0.407 e. The molecule has 0 aromatic heterocycles. The summed E-state index contributed by atoms with van der Waals surface area (Å²) in [5.41, 5.74) is 4.44. The number of amides is 1. The molecule has 1 aliphatic rings. The Bertz CT molecular complexity index is 275. The van der Waals surface area contributed by atoms with E-state index in [2.05, 4.69) is 0 Å². The Morgan fingerprint density at radius 3 is 2.50 bits per heavy atom. The van der Waals surface area contributed by atoms with Crippen LogP contribution in [-0.2, 0) is 0 Å². The van der Waals surface area contributed by atoms with E-state index in [4.69, 9.17) is 10.8 Å². The molecule has 16 heavy (non-hydrogen) atoms.